The fourth-order valence-electron chi connectivity index (χ4n) is 4.18. The number of cyclic esters (lactones) is 1. The van der Waals surface area contributed by atoms with Gasteiger partial charge in [0.1, 0.15) is 18.5 Å². The number of halogens is 1. The summed E-state index contributed by atoms with van der Waals surface area (Å²) in [5.41, 5.74) is 4.32. The van der Waals surface area contributed by atoms with Crippen molar-refractivity contribution in [2.45, 2.75) is 26.4 Å². The summed E-state index contributed by atoms with van der Waals surface area (Å²) in [4.78, 5) is 28.6. The van der Waals surface area contributed by atoms with Crippen molar-refractivity contribution in [1.29, 1.82) is 5.26 Å². The van der Waals surface area contributed by atoms with E-state index in [0.717, 1.165) is 41.9 Å². The summed E-state index contributed by atoms with van der Waals surface area (Å²) in [6.07, 6.45) is 1.02. The van der Waals surface area contributed by atoms with Crippen LogP contribution < -0.4 is 0 Å². The lowest BCUT2D eigenvalue weighted by molar-refractivity contribution is -0.132. The molecule has 0 N–H and O–H groups in total. The Morgan fingerprint density at radius 3 is 2.68 bits per heavy atom. The second kappa shape index (κ2) is 8.86. The van der Waals surface area contributed by atoms with Gasteiger partial charge >= 0.3 is 5.97 Å². The number of rotatable bonds is 5. The molecular weight excluding hydrogens is 397 g/mol. The summed E-state index contributed by atoms with van der Waals surface area (Å²) in [7, 11) is 0. The highest BCUT2D eigenvalue weighted by molar-refractivity contribution is 5.94. The average molecular weight is 421 g/mol. The molecule has 0 aliphatic carbocycles. The molecule has 31 heavy (non-hydrogen) atoms. The minimum atomic E-state index is -0.479. The molecule has 2 aromatic rings. The number of amides is 1. The first-order valence-corrected chi connectivity index (χ1v) is 10.4. The van der Waals surface area contributed by atoms with E-state index < -0.39 is 5.82 Å². The molecule has 1 saturated heterocycles. The summed E-state index contributed by atoms with van der Waals surface area (Å²) < 4.78 is 18.8. The highest BCUT2D eigenvalue weighted by Crippen LogP contribution is 2.26. The summed E-state index contributed by atoms with van der Waals surface area (Å²) in [6.45, 7) is 5.87. The van der Waals surface area contributed by atoms with Crippen molar-refractivity contribution in [2.24, 2.45) is 0 Å². The molecule has 2 aliphatic rings. The number of piperazine rings is 1. The molecule has 1 amide bonds. The van der Waals surface area contributed by atoms with Gasteiger partial charge in [0.2, 0.25) is 5.91 Å². The molecule has 0 radical (unpaired) electrons. The second-order valence-electron chi connectivity index (χ2n) is 8.03. The predicted molar refractivity (Wildman–Crippen MR) is 112 cm³/mol. The van der Waals surface area contributed by atoms with Crippen LogP contribution in [-0.4, -0.2) is 54.4 Å². The second-order valence-corrected chi connectivity index (χ2v) is 8.03. The zero-order chi connectivity index (χ0) is 22.0. The third-order valence-corrected chi connectivity index (χ3v) is 6.22. The van der Waals surface area contributed by atoms with E-state index >= 15 is 0 Å². The van der Waals surface area contributed by atoms with Gasteiger partial charge in [-0.05, 0) is 48.2 Å². The van der Waals surface area contributed by atoms with E-state index in [2.05, 4.69) is 4.90 Å². The van der Waals surface area contributed by atoms with Crippen LogP contribution in [0, 0.1) is 24.1 Å². The maximum atomic E-state index is 13.8. The monoisotopic (exact) mass is 421 g/mol. The molecule has 0 unspecified atom stereocenters. The van der Waals surface area contributed by atoms with Crippen LogP contribution in [0.5, 0.6) is 0 Å². The van der Waals surface area contributed by atoms with Crippen molar-refractivity contribution in [3.63, 3.8) is 0 Å². The van der Waals surface area contributed by atoms with Gasteiger partial charge in [-0.25, -0.2) is 9.18 Å². The first kappa shape index (κ1) is 21.0. The van der Waals surface area contributed by atoms with E-state index in [4.69, 9.17) is 10.00 Å². The third kappa shape index (κ3) is 4.44. The van der Waals surface area contributed by atoms with Gasteiger partial charge < -0.3 is 9.64 Å². The number of esters is 1. The fraction of sp³-hybridized carbons (Fsp3) is 0.375. The van der Waals surface area contributed by atoms with Crippen molar-refractivity contribution in [3.05, 3.63) is 69.5 Å². The summed E-state index contributed by atoms with van der Waals surface area (Å²) in [6, 6.07) is 10.2. The largest absolute Gasteiger partial charge is 0.457 e. The number of carbonyl (C=O) groups is 2. The Morgan fingerprint density at radius 2 is 1.97 bits per heavy atom. The van der Waals surface area contributed by atoms with Crippen LogP contribution in [0.4, 0.5) is 4.39 Å². The molecule has 7 heteroatoms. The van der Waals surface area contributed by atoms with Crippen LogP contribution in [0.15, 0.2) is 30.3 Å². The highest BCUT2D eigenvalue weighted by atomic mass is 19.1. The molecule has 0 bridgehead atoms. The van der Waals surface area contributed by atoms with Crippen molar-refractivity contribution in [1.82, 2.24) is 9.80 Å². The van der Waals surface area contributed by atoms with Crippen molar-refractivity contribution in [2.75, 3.05) is 32.7 Å². The van der Waals surface area contributed by atoms with E-state index in [1.165, 1.54) is 12.1 Å². The van der Waals surface area contributed by atoms with Crippen LogP contribution in [0.2, 0.25) is 0 Å². The smallest absolute Gasteiger partial charge is 0.338 e. The molecule has 2 aromatic carbocycles. The normalized spacial score (nSPS) is 16.0. The van der Waals surface area contributed by atoms with Gasteiger partial charge in [-0.2, -0.15) is 5.26 Å². The topological polar surface area (TPSA) is 73.6 Å². The lowest BCUT2D eigenvalue weighted by Crippen LogP contribution is -2.49. The molecular formula is C24H24FN3O3. The van der Waals surface area contributed by atoms with Crippen molar-refractivity contribution >= 4 is 11.9 Å². The SMILES string of the molecule is Cc1c(CC(=O)N2CCN(CCc3ccc(C#N)c(F)c3)CC2)ccc2c1COC2=O. The van der Waals surface area contributed by atoms with Crippen LogP contribution in [0.1, 0.15) is 38.2 Å². The first-order valence-electron chi connectivity index (χ1n) is 10.4. The Hall–Kier alpha value is -3.24. The van der Waals surface area contributed by atoms with Crippen LogP contribution in [0.25, 0.3) is 0 Å². The molecule has 0 spiro atoms. The van der Waals surface area contributed by atoms with Crippen LogP contribution in [-0.2, 0) is 29.0 Å². The van der Waals surface area contributed by atoms with Crippen LogP contribution >= 0.6 is 0 Å². The Labute approximate surface area is 180 Å². The molecule has 0 aromatic heterocycles. The summed E-state index contributed by atoms with van der Waals surface area (Å²) in [5, 5.41) is 8.82. The molecule has 2 heterocycles. The maximum Gasteiger partial charge on any atom is 0.338 e. The van der Waals surface area contributed by atoms with Gasteiger partial charge in [-0.1, -0.05) is 12.1 Å². The van der Waals surface area contributed by atoms with E-state index in [1.807, 2.05) is 24.0 Å². The number of hydrogen-bond donors (Lipinski definition) is 0. The van der Waals surface area contributed by atoms with E-state index in [0.29, 0.717) is 31.5 Å². The molecule has 4 rings (SSSR count). The minimum Gasteiger partial charge on any atom is -0.457 e. The Bertz CT molecular complexity index is 1070. The summed E-state index contributed by atoms with van der Waals surface area (Å²) >= 11 is 0. The lowest BCUT2D eigenvalue weighted by Gasteiger charge is -2.35. The molecule has 6 nitrogen and oxygen atoms in total. The Kier molecular flexibility index (Phi) is 6.01. The molecule has 160 valence electrons. The Morgan fingerprint density at radius 1 is 1.19 bits per heavy atom. The molecule has 1 fully saturated rings. The Balaban J connectivity index is 1.28. The standard InChI is InChI=1S/C24H24FN3O3/c1-16-18(4-5-20-21(16)15-31-24(20)30)13-23(29)28-10-8-27(9-11-28)7-6-17-2-3-19(14-26)22(25)12-17/h2-5,12H,6-11,13,15H2,1H3. The number of ether oxygens (including phenoxy) is 1. The number of carbonyl (C=O) groups excluding carboxylic acids is 2. The van der Waals surface area contributed by atoms with Gasteiger partial charge in [-0.3, -0.25) is 9.69 Å². The lowest BCUT2D eigenvalue weighted by atomic mass is 9.96. The van der Waals surface area contributed by atoms with Gasteiger partial charge in [0.25, 0.3) is 0 Å². The highest BCUT2D eigenvalue weighted by Gasteiger charge is 2.26. The zero-order valence-corrected chi connectivity index (χ0v) is 17.5. The number of nitrogens with zero attached hydrogens (tertiary/aromatic N) is 3. The first-order chi connectivity index (χ1) is 15.0. The van der Waals surface area contributed by atoms with Gasteiger partial charge in [0, 0.05) is 38.3 Å². The maximum absolute atomic E-state index is 13.8. The number of fused-ring (bicyclic) bond motifs is 1. The number of hydrogen-bond acceptors (Lipinski definition) is 5. The fourth-order valence-corrected chi connectivity index (χ4v) is 4.18. The molecule has 0 saturated carbocycles. The summed E-state index contributed by atoms with van der Waals surface area (Å²) in [5.74, 6) is -0.689. The zero-order valence-electron chi connectivity index (χ0n) is 17.5. The van der Waals surface area contributed by atoms with Crippen LogP contribution in [0.3, 0.4) is 0 Å². The van der Waals surface area contributed by atoms with Crippen molar-refractivity contribution in [3.8, 4) is 6.07 Å². The quantitative estimate of drug-likeness (QED) is 0.694. The predicted octanol–water partition coefficient (Wildman–Crippen LogP) is 2.61. The third-order valence-electron chi connectivity index (χ3n) is 6.22. The van der Waals surface area contributed by atoms with Gasteiger partial charge in [-0.15, -0.1) is 0 Å². The van der Waals surface area contributed by atoms with Crippen molar-refractivity contribution < 1.29 is 18.7 Å². The van der Waals surface area contributed by atoms with Gasteiger partial charge in [0.05, 0.1) is 17.5 Å². The average Bonchev–Trinajstić information content (AvgIpc) is 3.16. The molecule has 0 atom stereocenters. The van der Waals surface area contributed by atoms with E-state index in [9.17, 15) is 14.0 Å². The van der Waals surface area contributed by atoms with E-state index in [1.54, 1.807) is 12.1 Å². The number of nitriles is 1. The molecule has 2 aliphatic heterocycles. The minimum absolute atomic E-state index is 0.0635. The van der Waals surface area contributed by atoms with Gasteiger partial charge in [0.15, 0.2) is 0 Å². The van der Waals surface area contributed by atoms with E-state index in [-0.39, 0.29) is 24.0 Å². The number of benzene rings is 2.